The molecule has 3 saturated carbocycles. The highest BCUT2D eigenvalue weighted by Crippen LogP contribution is 2.67. The molecule has 0 aromatic heterocycles. The molecule has 4 aliphatic rings. The number of allylic oxidation sites excluding steroid dienone is 1. The minimum Gasteiger partial charge on any atom is -0.451 e. The molecule has 0 saturated heterocycles. The van der Waals surface area contributed by atoms with E-state index in [0.29, 0.717) is 25.2 Å². The van der Waals surface area contributed by atoms with E-state index >= 15 is 0 Å². The number of carbonyl (C=O) groups excluding carboxylic acids is 4. The van der Waals surface area contributed by atoms with Gasteiger partial charge in [0.05, 0.1) is 0 Å². The Hall–Kier alpha value is -1.78. The van der Waals surface area contributed by atoms with Gasteiger partial charge in [0.25, 0.3) is 0 Å². The molecular weight excluding hydrogens is 356 g/mol. The average Bonchev–Trinajstić information content (AvgIpc) is 2.90. The van der Waals surface area contributed by atoms with E-state index in [1.54, 1.807) is 6.08 Å². The van der Waals surface area contributed by atoms with E-state index in [0.717, 1.165) is 31.3 Å². The molecule has 4 aliphatic carbocycles. The zero-order valence-electron chi connectivity index (χ0n) is 17.3. The Morgan fingerprint density at radius 1 is 1.04 bits per heavy atom. The van der Waals surface area contributed by atoms with Crippen molar-refractivity contribution >= 4 is 23.3 Å². The van der Waals surface area contributed by atoms with Crippen LogP contribution < -0.4 is 0 Å². The van der Waals surface area contributed by atoms with Gasteiger partial charge in [-0.2, -0.15) is 0 Å². The molecule has 0 amide bonds. The van der Waals surface area contributed by atoms with Crippen molar-refractivity contribution in [3.63, 3.8) is 0 Å². The summed E-state index contributed by atoms with van der Waals surface area (Å²) >= 11 is 0. The number of Topliss-reactive ketones (excluding diaryl/α,β-unsaturated/α-hetero) is 2. The molecule has 5 heteroatoms. The Labute approximate surface area is 166 Å². The summed E-state index contributed by atoms with van der Waals surface area (Å²) in [5.74, 6) is 0.348. The number of hydrogen-bond acceptors (Lipinski definition) is 5. The second-order valence-electron chi connectivity index (χ2n) is 9.92. The fraction of sp³-hybridized carbons (Fsp3) is 0.739. The van der Waals surface area contributed by atoms with Crippen molar-refractivity contribution in [1.82, 2.24) is 0 Å². The maximum Gasteiger partial charge on any atom is 0.303 e. The van der Waals surface area contributed by atoms with Gasteiger partial charge in [0.2, 0.25) is 0 Å². The van der Waals surface area contributed by atoms with Crippen LogP contribution in [-0.2, 0) is 23.9 Å². The zero-order chi connectivity index (χ0) is 20.5. The Bertz CT molecular complexity index is 810. The summed E-state index contributed by atoms with van der Waals surface area (Å²) < 4.78 is 5.76. The van der Waals surface area contributed by atoms with Crippen LogP contribution in [0.5, 0.6) is 0 Å². The molecule has 0 N–H and O–H groups in total. The lowest BCUT2D eigenvalue weighted by atomic mass is 9.46. The standard InChI is InChI=1S/C23H30O5/c1-13(24)23(28-14(2)25)10-7-18-16-12-20(27)19-11-15(26)5-8-21(19,3)17(16)6-9-22(18,23)4/h11,16-18H,5-10,12H2,1-4H3/t16-,17+,18+,21-,22+,23+/m1/s1. The molecule has 0 aromatic rings. The van der Waals surface area contributed by atoms with E-state index in [1.807, 2.05) is 0 Å². The van der Waals surface area contributed by atoms with E-state index in [4.69, 9.17) is 4.74 Å². The predicted molar refractivity (Wildman–Crippen MR) is 102 cm³/mol. The van der Waals surface area contributed by atoms with Crippen LogP contribution in [0.25, 0.3) is 0 Å². The van der Waals surface area contributed by atoms with Gasteiger partial charge in [0.1, 0.15) is 0 Å². The van der Waals surface area contributed by atoms with Crippen LogP contribution >= 0.6 is 0 Å². The second kappa shape index (κ2) is 6.11. The fourth-order valence-electron chi connectivity index (χ4n) is 7.45. The molecule has 152 valence electrons. The third-order valence-electron chi connectivity index (χ3n) is 8.79. The van der Waals surface area contributed by atoms with Gasteiger partial charge in [-0.1, -0.05) is 13.8 Å². The van der Waals surface area contributed by atoms with Gasteiger partial charge in [0.15, 0.2) is 23.0 Å². The average molecular weight is 386 g/mol. The lowest BCUT2D eigenvalue weighted by Gasteiger charge is -2.58. The normalized spacial score (nSPS) is 44.9. The SMILES string of the molecule is CC(=O)O[C@]1(C(C)=O)CC[C@H]2[C@@H]3CC(=O)C4=CC(=O)CC[C@]4(C)[C@H]3CC[C@@]21C. The number of hydrogen-bond donors (Lipinski definition) is 0. The Morgan fingerprint density at radius 3 is 2.36 bits per heavy atom. The Kier molecular flexibility index (Phi) is 4.26. The summed E-state index contributed by atoms with van der Waals surface area (Å²) in [5.41, 5.74) is -1.03. The van der Waals surface area contributed by atoms with Crippen molar-refractivity contribution in [1.29, 1.82) is 0 Å². The molecule has 0 aliphatic heterocycles. The van der Waals surface area contributed by atoms with E-state index in [2.05, 4.69) is 13.8 Å². The molecule has 5 nitrogen and oxygen atoms in total. The number of fused-ring (bicyclic) bond motifs is 5. The molecule has 4 rings (SSSR count). The summed E-state index contributed by atoms with van der Waals surface area (Å²) in [6.45, 7) is 7.15. The van der Waals surface area contributed by atoms with E-state index in [-0.39, 0.29) is 34.6 Å². The van der Waals surface area contributed by atoms with Crippen LogP contribution in [0.2, 0.25) is 0 Å². The third kappa shape index (κ3) is 2.37. The smallest absolute Gasteiger partial charge is 0.303 e. The van der Waals surface area contributed by atoms with Crippen LogP contribution in [0, 0.1) is 28.6 Å². The summed E-state index contributed by atoms with van der Waals surface area (Å²) in [6, 6.07) is 0. The molecule has 3 fully saturated rings. The molecule has 28 heavy (non-hydrogen) atoms. The zero-order valence-corrected chi connectivity index (χ0v) is 17.3. The summed E-state index contributed by atoms with van der Waals surface area (Å²) in [4.78, 5) is 49.6. The monoisotopic (exact) mass is 386 g/mol. The van der Waals surface area contributed by atoms with Crippen LogP contribution in [0.4, 0.5) is 0 Å². The summed E-state index contributed by atoms with van der Waals surface area (Å²) in [6.07, 6.45) is 6.31. The Morgan fingerprint density at radius 2 is 1.71 bits per heavy atom. The van der Waals surface area contributed by atoms with Crippen LogP contribution in [0.3, 0.4) is 0 Å². The van der Waals surface area contributed by atoms with E-state index < -0.39 is 17.0 Å². The third-order valence-corrected chi connectivity index (χ3v) is 8.79. The fourth-order valence-corrected chi connectivity index (χ4v) is 7.45. The van der Waals surface area contributed by atoms with Gasteiger partial charge >= 0.3 is 5.97 Å². The highest BCUT2D eigenvalue weighted by atomic mass is 16.6. The van der Waals surface area contributed by atoms with E-state index in [9.17, 15) is 19.2 Å². The predicted octanol–water partition coefficient (Wildman–Crippen LogP) is 3.59. The van der Waals surface area contributed by atoms with Crippen molar-refractivity contribution in [3.8, 4) is 0 Å². The molecule has 0 aromatic carbocycles. The molecule has 6 atom stereocenters. The van der Waals surface area contributed by atoms with Crippen molar-refractivity contribution in [3.05, 3.63) is 11.6 Å². The van der Waals surface area contributed by atoms with Crippen molar-refractivity contribution in [2.24, 2.45) is 28.6 Å². The molecule has 0 unspecified atom stereocenters. The van der Waals surface area contributed by atoms with Crippen LogP contribution in [0.1, 0.15) is 72.6 Å². The van der Waals surface area contributed by atoms with Gasteiger partial charge in [-0.3, -0.25) is 19.2 Å². The minimum absolute atomic E-state index is 0.0613. The maximum absolute atomic E-state index is 13.0. The lowest BCUT2D eigenvalue weighted by molar-refractivity contribution is -0.187. The highest BCUT2D eigenvalue weighted by Gasteiger charge is 2.68. The molecular formula is C23H30O5. The number of ether oxygens (including phenoxy) is 1. The second-order valence-corrected chi connectivity index (χ2v) is 9.92. The molecule has 0 spiro atoms. The first-order chi connectivity index (χ1) is 13.0. The maximum atomic E-state index is 13.0. The molecule has 0 heterocycles. The van der Waals surface area contributed by atoms with Gasteiger partial charge in [-0.15, -0.1) is 0 Å². The number of ketones is 3. The first-order valence-corrected chi connectivity index (χ1v) is 10.5. The molecule has 0 radical (unpaired) electrons. The summed E-state index contributed by atoms with van der Waals surface area (Å²) in [7, 11) is 0. The summed E-state index contributed by atoms with van der Waals surface area (Å²) in [5, 5.41) is 0. The van der Waals surface area contributed by atoms with Crippen LogP contribution in [-0.4, -0.2) is 28.9 Å². The number of esters is 1. The lowest BCUT2D eigenvalue weighted by Crippen LogP contribution is -2.59. The number of carbonyl (C=O) groups is 4. The minimum atomic E-state index is -1.07. The van der Waals surface area contributed by atoms with Crippen molar-refractivity contribution in [2.45, 2.75) is 78.2 Å². The highest BCUT2D eigenvalue weighted by molar-refractivity contribution is 6.05. The van der Waals surface area contributed by atoms with Gasteiger partial charge in [0, 0.05) is 30.8 Å². The quantitative estimate of drug-likeness (QED) is 0.678. The van der Waals surface area contributed by atoms with Gasteiger partial charge in [-0.25, -0.2) is 0 Å². The van der Waals surface area contributed by atoms with E-state index in [1.165, 1.54) is 13.8 Å². The first kappa shape index (κ1) is 19.5. The first-order valence-electron chi connectivity index (χ1n) is 10.5. The van der Waals surface area contributed by atoms with Gasteiger partial charge in [-0.05, 0) is 68.3 Å². The van der Waals surface area contributed by atoms with Crippen molar-refractivity contribution in [2.75, 3.05) is 0 Å². The number of rotatable bonds is 2. The Balaban J connectivity index is 1.75. The van der Waals surface area contributed by atoms with Crippen LogP contribution in [0.15, 0.2) is 11.6 Å². The molecule has 0 bridgehead atoms. The topological polar surface area (TPSA) is 77.5 Å². The van der Waals surface area contributed by atoms with Crippen molar-refractivity contribution < 1.29 is 23.9 Å². The van der Waals surface area contributed by atoms with Gasteiger partial charge < -0.3 is 4.74 Å². The largest absolute Gasteiger partial charge is 0.451 e.